The van der Waals surface area contributed by atoms with Crippen molar-refractivity contribution in [1.29, 1.82) is 0 Å². The summed E-state index contributed by atoms with van der Waals surface area (Å²) in [5, 5.41) is 5.39. The van der Waals surface area contributed by atoms with Gasteiger partial charge in [-0.15, -0.1) is 11.3 Å². The Morgan fingerprint density at radius 1 is 1.07 bits per heavy atom. The summed E-state index contributed by atoms with van der Waals surface area (Å²) in [7, 11) is 1.61. The lowest BCUT2D eigenvalue weighted by molar-refractivity contribution is -0.137. The molecular formula is C22H21F3N2O2S. The highest BCUT2D eigenvalue weighted by Crippen LogP contribution is 2.31. The van der Waals surface area contributed by atoms with Crippen molar-refractivity contribution in [3.8, 4) is 16.3 Å². The third-order valence-electron chi connectivity index (χ3n) is 4.51. The van der Waals surface area contributed by atoms with E-state index in [2.05, 4.69) is 10.3 Å². The van der Waals surface area contributed by atoms with Gasteiger partial charge in [-0.1, -0.05) is 24.3 Å². The molecule has 8 heteroatoms. The highest BCUT2D eigenvalue weighted by Gasteiger charge is 2.30. The van der Waals surface area contributed by atoms with Crippen LogP contribution in [0.3, 0.4) is 0 Å². The van der Waals surface area contributed by atoms with E-state index in [-0.39, 0.29) is 5.91 Å². The molecule has 30 heavy (non-hydrogen) atoms. The summed E-state index contributed by atoms with van der Waals surface area (Å²) in [5.41, 5.74) is 1.82. The molecule has 3 rings (SSSR count). The highest BCUT2D eigenvalue weighted by atomic mass is 32.1. The monoisotopic (exact) mass is 434 g/mol. The normalized spacial score (nSPS) is 11.3. The van der Waals surface area contributed by atoms with E-state index in [0.717, 1.165) is 29.1 Å². The Kier molecular flexibility index (Phi) is 7.10. The second-order valence-corrected chi connectivity index (χ2v) is 7.53. The summed E-state index contributed by atoms with van der Waals surface area (Å²) >= 11 is 1.37. The minimum atomic E-state index is -4.35. The predicted octanol–water partition coefficient (Wildman–Crippen LogP) is 5.13. The fourth-order valence-electron chi connectivity index (χ4n) is 2.82. The van der Waals surface area contributed by atoms with Crippen molar-refractivity contribution in [2.75, 3.05) is 13.7 Å². The zero-order valence-electron chi connectivity index (χ0n) is 16.3. The molecule has 0 aliphatic heterocycles. The average Bonchev–Trinajstić information content (AvgIpc) is 3.21. The maximum absolute atomic E-state index is 12.7. The first-order chi connectivity index (χ1) is 14.3. The van der Waals surface area contributed by atoms with Gasteiger partial charge in [-0.25, -0.2) is 4.98 Å². The number of ether oxygens (including phenoxy) is 1. The second-order valence-electron chi connectivity index (χ2n) is 6.67. The summed E-state index contributed by atoms with van der Waals surface area (Å²) in [4.78, 5) is 16.5. The number of nitrogens with zero attached hydrogens (tertiary/aromatic N) is 1. The SMILES string of the molecule is COc1ccc(CCC(=O)NCCc2csc(-c3ccc(C(F)(F)F)cc3)n2)cc1. The Morgan fingerprint density at radius 2 is 1.77 bits per heavy atom. The van der Waals surface area contributed by atoms with Crippen LogP contribution >= 0.6 is 11.3 Å². The van der Waals surface area contributed by atoms with E-state index in [1.54, 1.807) is 7.11 Å². The zero-order chi connectivity index (χ0) is 21.6. The Bertz CT molecular complexity index is 967. The standard InChI is InChI=1S/C22H21F3N2O2S/c1-29-19-9-2-15(3-10-19)4-11-20(28)26-13-12-18-14-30-21(27-18)16-5-7-17(8-6-16)22(23,24)25/h2-3,5-10,14H,4,11-13H2,1H3,(H,26,28). The molecule has 0 fully saturated rings. The van der Waals surface area contributed by atoms with Crippen LogP contribution in [0.4, 0.5) is 13.2 Å². The molecule has 0 spiro atoms. The van der Waals surface area contributed by atoms with Gasteiger partial charge in [-0.2, -0.15) is 13.2 Å². The van der Waals surface area contributed by atoms with Crippen LogP contribution in [0.5, 0.6) is 5.75 Å². The number of thiazole rings is 1. The van der Waals surface area contributed by atoms with Crippen LogP contribution < -0.4 is 10.1 Å². The van der Waals surface area contributed by atoms with Gasteiger partial charge in [0.1, 0.15) is 10.8 Å². The van der Waals surface area contributed by atoms with Crippen LogP contribution in [0.15, 0.2) is 53.9 Å². The average molecular weight is 434 g/mol. The molecule has 1 aromatic heterocycles. The molecule has 1 N–H and O–H groups in total. The summed E-state index contributed by atoms with van der Waals surface area (Å²) in [6.07, 6.45) is -2.76. The molecule has 0 atom stereocenters. The quantitative estimate of drug-likeness (QED) is 0.535. The van der Waals surface area contributed by atoms with Gasteiger partial charge in [0, 0.05) is 30.3 Å². The molecule has 3 aromatic rings. The lowest BCUT2D eigenvalue weighted by atomic mass is 10.1. The maximum Gasteiger partial charge on any atom is 0.416 e. The molecule has 0 aliphatic rings. The van der Waals surface area contributed by atoms with Crippen LogP contribution in [0, 0.1) is 0 Å². The van der Waals surface area contributed by atoms with E-state index in [4.69, 9.17) is 4.74 Å². The number of aryl methyl sites for hydroxylation is 1. The molecule has 0 unspecified atom stereocenters. The van der Waals surface area contributed by atoms with Crippen molar-refractivity contribution in [2.24, 2.45) is 0 Å². The molecule has 1 amide bonds. The Hall–Kier alpha value is -2.87. The molecular weight excluding hydrogens is 413 g/mol. The lowest BCUT2D eigenvalue weighted by Gasteiger charge is -2.06. The number of nitrogens with one attached hydrogen (secondary N) is 1. The van der Waals surface area contributed by atoms with Gasteiger partial charge in [-0.05, 0) is 36.2 Å². The van der Waals surface area contributed by atoms with Crippen molar-refractivity contribution in [3.63, 3.8) is 0 Å². The number of halogens is 3. The van der Waals surface area contributed by atoms with Crippen molar-refractivity contribution in [2.45, 2.75) is 25.4 Å². The van der Waals surface area contributed by atoms with Gasteiger partial charge in [0.15, 0.2) is 0 Å². The maximum atomic E-state index is 12.7. The summed E-state index contributed by atoms with van der Waals surface area (Å²) in [6, 6.07) is 12.6. The highest BCUT2D eigenvalue weighted by molar-refractivity contribution is 7.13. The van der Waals surface area contributed by atoms with Gasteiger partial charge in [0.25, 0.3) is 0 Å². The first-order valence-electron chi connectivity index (χ1n) is 9.37. The third kappa shape index (κ3) is 6.06. The van der Waals surface area contributed by atoms with Crippen molar-refractivity contribution < 1.29 is 22.7 Å². The lowest BCUT2D eigenvalue weighted by Crippen LogP contribution is -2.25. The fourth-order valence-corrected chi connectivity index (χ4v) is 3.68. The number of rotatable bonds is 8. The number of methoxy groups -OCH3 is 1. The first-order valence-corrected chi connectivity index (χ1v) is 10.2. The summed E-state index contributed by atoms with van der Waals surface area (Å²) in [5.74, 6) is 0.742. The number of benzene rings is 2. The Labute approximate surface area is 176 Å². The van der Waals surface area contributed by atoms with Crippen molar-refractivity contribution >= 4 is 17.2 Å². The van der Waals surface area contributed by atoms with Crippen molar-refractivity contribution in [3.05, 3.63) is 70.7 Å². The fraction of sp³-hybridized carbons (Fsp3) is 0.273. The second kappa shape index (κ2) is 9.75. The van der Waals surface area contributed by atoms with E-state index in [1.165, 1.54) is 23.5 Å². The van der Waals surface area contributed by atoms with Gasteiger partial charge < -0.3 is 10.1 Å². The number of aromatic nitrogens is 1. The summed E-state index contributed by atoms with van der Waals surface area (Å²) in [6.45, 7) is 0.456. The van der Waals surface area contributed by atoms with Crippen LogP contribution in [-0.4, -0.2) is 24.5 Å². The number of hydrogen-bond acceptors (Lipinski definition) is 4. The molecule has 158 valence electrons. The molecule has 1 heterocycles. The zero-order valence-corrected chi connectivity index (χ0v) is 17.1. The first kappa shape index (κ1) is 21.8. The largest absolute Gasteiger partial charge is 0.497 e. The number of amides is 1. The van der Waals surface area contributed by atoms with Crippen molar-refractivity contribution in [1.82, 2.24) is 10.3 Å². The van der Waals surface area contributed by atoms with Crippen LogP contribution in [0.25, 0.3) is 10.6 Å². The number of alkyl halides is 3. The van der Waals surface area contributed by atoms with Crippen LogP contribution in [-0.2, 0) is 23.8 Å². The number of carbonyl (C=O) groups excluding carboxylic acids is 1. The molecule has 0 radical (unpaired) electrons. The molecule has 0 aliphatic carbocycles. The molecule has 0 bridgehead atoms. The minimum absolute atomic E-state index is 0.0380. The van der Waals surface area contributed by atoms with E-state index >= 15 is 0 Å². The Morgan fingerprint density at radius 3 is 2.40 bits per heavy atom. The summed E-state index contributed by atoms with van der Waals surface area (Å²) < 4.78 is 43.1. The minimum Gasteiger partial charge on any atom is -0.497 e. The predicted molar refractivity (Wildman–Crippen MR) is 111 cm³/mol. The van der Waals surface area contributed by atoms with E-state index in [1.807, 2.05) is 29.6 Å². The topological polar surface area (TPSA) is 51.2 Å². The third-order valence-corrected chi connectivity index (χ3v) is 5.45. The van der Waals surface area contributed by atoms with Crippen LogP contribution in [0.2, 0.25) is 0 Å². The van der Waals surface area contributed by atoms with Gasteiger partial charge in [-0.3, -0.25) is 4.79 Å². The molecule has 4 nitrogen and oxygen atoms in total. The van der Waals surface area contributed by atoms with Gasteiger partial charge in [0.2, 0.25) is 5.91 Å². The van der Waals surface area contributed by atoms with E-state index < -0.39 is 11.7 Å². The van der Waals surface area contributed by atoms with Crippen LogP contribution in [0.1, 0.15) is 23.2 Å². The number of hydrogen-bond donors (Lipinski definition) is 1. The van der Waals surface area contributed by atoms with Gasteiger partial charge in [0.05, 0.1) is 18.4 Å². The number of carbonyl (C=O) groups is 1. The Balaban J connectivity index is 1.44. The molecule has 0 saturated carbocycles. The van der Waals surface area contributed by atoms with E-state index in [9.17, 15) is 18.0 Å². The molecule has 0 saturated heterocycles. The van der Waals surface area contributed by atoms with Gasteiger partial charge >= 0.3 is 6.18 Å². The smallest absolute Gasteiger partial charge is 0.416 e. The van der Waals surface area contributed by atoms with E-state index in [0.29, 0.717) is 36.4 Å². The molecule has 2 aromatic carbocycles.